The molecule has 1 heterocycles. The van der Waals surface area contributed by atoms with Crippen LogP contribution in [0.5, 0.6) is 0 Å². The van der Waals surface area contributed by atoms with E-state index in [1.165, 1.54) is 0 Å². The van der Waals surface area contributed by atoms with Crippen molar-refractivity contribution in [3.63, 3.8) is 0 Å². The van der Waals surface area contributed by atoms with E-state index in [2.05, 4.69) is 17.2 Å². The van der Waals surface area contributed by atoms with Gasteiger partial charge in [0, 0.05) is 0 Å². The first kappa shape index (κ1) is 14.5. The predicted molar refractivity (Wildman–Crippen MR) is 58.5 cm³/mol. The van der Waals surface area contributed by atoms with Crippen LogP contribution in [0.25, 0.3) is 11.1 Å². The Hall–Kier alpha value is -0.526. The van der Waals surface area contributed by atoms with E-state index < -0.39 is 0 Å². The Morgan fingerprint density at radius 3 is 2.40 bits per heavy atom. The second kappa shape index (κ2) is 6.87. The molecule has 0 saturated carbocycles. The molecule has 2 aromatic rings. The Morgan fingerprint density at radius 2 is 1.80 bits per heavy atom. The molecule has 1 aromatic heterocycles. The first-order valence-electron chi connectivity index (χ1n) is 4.18. The van der Waals surface area contributed by atoms with Crippen molar-refractivity contribution in [3.05, 3.63) is 61.8 Å². The Morgan fingerprint density at radius 1 is 1.07 bits per heavy atom. The Bertz CT molecular complexity index is 398. The summed E-state index contributed by atoms with van der Waals surface area (Å²) in [5.74, 6) is 0. The van der Waals surface area contributed by atoms with Gasteiger partial charge in [0.2, 0.25) is 0 Å². The molecule has 1 nitrogen and oxygen atoms in total. The minimum Gasteiger partial charge on any atom is -0.371 e. The summed E-state index contributed by atoms with van der Waals surface area (Å²) in [6, 6.07) is 13.2. The van der Waals surface area contributed by atoms with Gasteiger partial charge in [0.25, 0.3) is 0 Å². The van der Waals surface area contributed by atoms with Crippen LogP contribution in [0.1, 0.15) is 5.56 Å². The standard InChI is InChI=1S/C12H9N.CH3.Y/c1-10-4-2-5-11(8-10)12-6-3-7-13-9-12;;/h2-7H,1H3;1H3;/q-2;-1;+3. The van der Waals surface area contributed by atoms with Gasteiger partial charge in [0.15, 0.2) is 0 Å². The second-order valence-electron chi connectivity index (χ2n) is 2.91. The van der Waals surface area contributed by atoms with E-state index in [1.54, 1.807) is 6.20 Å². The molecule has 0 amide bonds. The first-order chi connectivity index (χ1) is 6.36. The fourth-order valence-corrected chi connectivity index (χ4v) is 1.22. The van der Waals surface area contributed by atoms with Crippen LogP contribution in [0.15, 0.2) is 36.5 Å². The summed E-state index contributed by atoms with van der Waals surface area (Å²) < 4.78 is 0. The number of nitrogens with zero attached hydrogens (tertiary/aromatic N) is 1. The van der Waals surface area contributed by atoms with Crippen LogP contribution in [-0.2, 0) is 32.7 Å². The van der Waals surface area contributed by atoms with Gasteiger partial charge in [-0.3, -0.25) is 0 Å². The molecule has 2 heteroatoms. The quantitative estimate of drug-likeness (QED) is 0.726. The first-order valence-corrected chi connectivity index (χ1v) is 4.18. The van der Waals surface area contributed by atoms with Crippen molar-refractivity contribution in [3.8, 4) is 11.1 Å². The number of aryl methyl sites for hydroxylation is 1. The number of rotatable bonds is 1. The van der Waals surface area contributed by atoms with Gasteiger partial charge in [-0.1, -0.05) is 19.3 Å². The SMILES string of the molecule is Cc1[c-]c(-c2[c-]nccc2)ccc1.[CH3-].[Y+3]. The maximum Gasteiger partial charge on any atom is 3.00 e. The molecule has 0 fully saturated rings. The molecule has 0 N–H and O–H groups in total. The maximum absolute atomic E-state index is 3.95. The smallest absolute Gasteiger partial charge is 0.371 e. The molecule has 0 atom stereocenters. The van der Waals surface area contributed by atoms with Gasteiger partial charge in [-0.2, -0.15) is 24.3 Å². The van der Waals surface area contributed by atoms with Crippen LogP contribution < -0.4 is 0 Å². The zero-order chi connectivity index (χ0) is 9.10. The molecular weight excluding hydrogens is 259 g/mol. The molecule has 0 aliphatic heterocycles. The van der Waals surface area contributed by atoms with Crippen molar-refractivity contribution < 1.29 is 32.7 Å². The molecular formula is C13H12NY. The monoisotopic (exact) mass is 271 g/mol. The summed E-state index contributed by atoms with van der Waals surface area (Å²) in [6.45, 7) is 2.03. The van der Waals surface area contributed by atoms with Gasteiger partial charge in [-0.05, 0) is 0 Å². The third kappa shape index (κ3) is 3.85. The van der Waals surface area contributed by atoms with Crippen LogP contribution in [0.3, 0.4) is 0 Å². The molecule has 2 rings (SSSR count). The van der Waals surface area contributed by atoms with Gasteiger partial charge in [0.1, 0.15) is 0 Å². The van der Waals surface area contributed by atoms with Crippen LogP contribution in [0.4, 0.5) is 0 Å². The third-order valence-corrected chi connectivity index (χ3v) is 1.84. The number of hydrogen-bond donors (Lipinski definition) is 0. The third-order valence-electron chi connectivity index (χ3n) is 1.84. The Kier molecular flexibility index (Phi) is 6.63. The molecule has 0 radical (unpaired) electrons. The number of benzene rings is 1. The van der Waals surface area contributed by atoms with Crippen molar-refractivity contribution in [2.45, 2.75) is 6.92 Å². The number of pyridine rings is 1. The van der Waals surface area contributed by atoms with Crippen molar-refractivity contribution in [2.24, 2.45) is 0 Å². The second-order valence-corrected chi connectivity index (χ2v) is 2.91. The van der Waals surface area contributed by atoms with E-state index in [0.717, 1.165) is 16.7 Å². The summed E-state index contributed by atoms with van der Waals surface area (Å²) in [4.78, 5) is 3.95. The van der Waals surface area contributed by atoms with Gasteiger partial charge in [0.05, 0.1) is 0 Å². The van der Waals surface area contributed by atoms with E-state index in [1.807, 2.05) is 37.3 Å². The van der Waals surface area contributed by atoms with Gasteiger partial charge >= 0.3 is 32.7 Å². The van der Waals surface area contributed by atoms with Crippen molar-refractivity contribution >= 4 is 0 Å². The molecule has 0 unspecified atom stereocenters. The van der Waals surface area contributed by atoms with Crippen LogP contribution in [-0.4, -0.2) is 4.98 Å². The maximum atomic E-state index is 3.95. The minimum absolute atomic E-state index is 0. The van der Waals surface area contributed by atoms with Crippen molar-refractivity contribution in [2.75, 3.05) is 0 Å². The fraction of sp³-hybridized carbons (Fsp3) is 0.0769. The topological polar surface area (TPSA) is 12.9 Å². The number of aromatic nitrogens is 1. The average Bonchev–Trinajstić information content (AvgIpc) is 2.19. The van der Waals surface area contributed by atoms with Crippen molar-refractivity contribution in [1.29, 1.82) is 0 Å². The Balaban J connectivity index is 0.000000980. The average molecular weight is 271 g/mol. The molecule has 15 heavy (non-hydrogen) atoms. The largest absolute Gasteiger partial charge is 3.00 e. The molecule has 72 valence electrons. The van der Waals surface area contributed by atoms with Gasteiger partial charge in [-0.25, -0.2) is 11.1 Å². The van der Waals surface area contributed by atoms with Crippen LogP contribution in [0, 0.1) is 26.6 Å². The normalized spacial score (nSPS) is 8.60. The van der Waals surface area contributed by atoms with Crippen molar-refractivity contribution in [1.82, 2.24) is 4.98 Å². The molecule has 0 bridgehead atoms. The minimum atomic E-state index is 0. The Labute approximate surface area is 117 Å². The van der Waals surface area contributed by atoms with E-state index in [0.29, 0.717) is 0 Å². The van der Waals surface area contributed by atoms with E-state index in [9.17, 15) is 0 Å². The van der Waals surface area contributed by atoms with E-state index >= 15 is 0 Å². The molecule has 0 spiro atoms. The van der Waals surface area contributed by atoms with E-state index in [-0.39, 0.29) is 40.1 Å². The van der Waals surface area contributed by atoms with E-state index in [4.69, 9.17) is 0 Å². The molecule has 0 saturated heterocycles. The fourth-order valence-electron chi connectivity index (χ4n) is 1.22. The molecule has 0 aliphatic rings. The summed E-state index contributed by atoms with van der Waals surface area (Å²) >= 11 is 0. The summed E-state index contributed by atoms with van der Waals surface area (Å²) in [5.41, 5.74) is 3.18. The summed E-state index contributed by atoms with van der Waals surface area (Å²) in [5, 5.41) is 0. The summed E-state index contributed by atoms with van der Waals surface area (Å²) in [7, 11) is 0. The van der Waals surface area contributed by atoms with Crippen LogP contribution in [0.2, 0.25) is 0 Å². The zero-order valence-electron chi connectivity index (χ0n) is 8.99. The van der Waals surface area contributed by atoms with Gasteiger partial charge in [-0.15, -0.1) is 17.7 Å². The predicted octanol–water partition coefficient (Wildman–Crippen LogP) is 3.11. The molecule has 1 aromatic carbocycles. The van der Waals surface area contributed by atoms with Crippen LogP contribution >= 0.6 is 0 Å². The van der Waals surface area contributed by atoms with Gasteiger partial charge < -0.3 is 12.4 Å². The number of hydrogen-bond acceptors (Lipinski definition) is 1. The zero-order valence-corrected chi connectivity index (χ0v) is 11.8. The summed E-state index contributed by atoms with van der Waals surface area (Å²) in [6.07, 6.45) is 4.65. The molecule has 0 aliphatic carbocycles.